The zero-order valence-electron chi connectivity index (χ0n) is 18.0. The lowest BCUT2D eigenvalue weighted by Gasteiger charge is -2.47. The van der Waals surface area contributed by atoms with E-state index in [9.17, 15) is 9.18 Å². The van der Waals surface area contributed by atoms with E-state index in [1.165, 1.54) is 12.1 Å². The molecule has 2 aliphatic heterocycles. The third-order valence-electron chi connectivity index (χ3n) is 6.21. The lowest BCUT2D eigenvalue weighted by Crippen LogP contribution is -2.63. The third-order valence-corrected chi connectivity index (χ3v) is 6.21. The second-order valence-corrected chi connectivity index (χ2v) is 8.63. The molecule has 0 saturated carbocycles. The van der Waals surface area contributed by atoms with Gasteiger partial charge in [-0.25, -0.2) is 4.39 Å². The molecule has 0 N–H and O–H groups in total. The molecule has 2 aromatic rings. The van der Waals surface area contributed by atoms with Crippen LogP contribution in [0.15, 0.2) is 48.5 Å². The van der Waals surface area contributed by atoms with E-state index in [4.69, 9.17) is 14.2 Å². The number of carbonyl (C=O) groups excluding carboxylic acids is 1. The predicted octanol–water partition coefficient (Wildman–Crippen LogP) is 3.99. The van der Waals surface area contributed by atoms with Crippen LogP contribution in [0.3, 0.4) is 0 Å². The van der Waals surface area contributed by atoms with Crippen molar-refractivity contribution in [1.29, 1.82) is 0 Å². The molecule has 1 amide bonds. The van der Waals surface area contributed by atoms with Gasteiger partial charge in [0.2, 0.25) is 5.91 Å². The Balaban J connectivity index is 1.13. The Bertz CT molecular complexity index is 879. The van der Waals surface area contributed by atoms with Crippen LogP contribution in [0.4, 0.5) is 4.39 Å². The minimum atomic E-state index is -0.236. The Kier molecular flexibility index (Phi) is 6.88. The number of aryl methyl sites for hydroxylation is 1. The number of ether oxygens (including phenoxy) is 3. The van der Waals surface area contributed by atoms with Gasteiger partial charge in [-0.1, -0.05) is 24.3 Å². The lowest BCUT2D eigenvalue weighted by atomic mass is 9.85. The fraction of sp³-hybridized carbons (Fsp3) is 0.480. The van der Waals surface area contributed by atoms with E-state index in [1.54, 1.807) is 13.2 Å². The summed E-state index contributed by atoms with van der Waals surface area (Å²) in [6.45, 7) is 3.15. The van der Waals surface area contributed by atoms with Crippen molar-refractivity contribution in [1.82, 2.24) is 4.90 Å². The van der Waals surface area contributed by atoms with Gasteiger partial charge < -0.3 is 19.1 Å². The number of halogens is 1. The summed E-state index contributed by atoms with van der Waals surface area (Å²) < 4.78 is 30.2. The lowest BCUT2D eigenvalue weighted by molar-refractivity contribution is -0.157. The highest BCUT2D eigenvalue weighted by molar-refractivity contribution is 5.77. The van der Waals surface area contributed by atoms with Crippen molar-refractivity contribution in [3.05, 3.63) is 65.5 Å². The second kappa shape index (κ2) is 9.79. The summed E-state index contributed by atoms with van der Waals surface area (Å²) in [7, 11) is 1.65. The number of hydrogen-bond donors (Lipinski definition) is 0. The highest BCUT2D eigenvalue weighted by Crippen LogP contribution is 2.39. The Labute approximate surface area is 183 Å². The number of likely N-dealkylation sites (tertiary alicyclic amines) is 1. The van der Waals surface area contributed by atoms with E-state index >= 15 is 0 Å². The molecule has 1 atom stereocenters. The Morgan fingerprint density at radius 1 is 1.19 bits per heavy atom. The molecule has 2 fully saturated rings. The van der Waals surface area contributed by atoms with E-state index in [1.807, 2.05) is 35.2 Å². The molecule has 0 radical (unpaired) electrons. The van der Waals surface area contributed by atoms with Gasteiger partial charge in [0.25, 0.3) is 0 Å². The Hall–Kier alpha value is -2.44. The van der Waals surface area contributed by atoms with E-state index in [2.05, 4.69) is 0 Å². The molecule has 1 unspecified atom stereocenters. The molecule has 0 aliphatic carbocycles. The number of amides is 1. The standard InChI is InChI=1S/C25H30FNO4/c1-29-23-8-5-19(6-9-23)7-10-24(28)27-17-25(18-27)14-21(16-31-25)11-12-30-15-20-3-2-4-22(26)13-20/h2-6,8-9,13,21H,7,10-12,14-18H2,1H3. The van der Waals surface area contributed by atoms with Crippen molar-refractivity contribution in [2.75, 3.05) is 33.4 Å². The molecule has 4 rings (SSSR count). The van der Waals surface area contributed by atoms with E-state index in [-0.39, 0.29) is 17.3 Å². The molecule has 0 aromatic heterocycles. The largest absolute Gasteiger partial charge is 0.497 e. The average molecular weight is 428 g/mol. The Morgan fingerprint density at radius 2 is 2.00 bits per heavy atom. The maximum absolute atomic E-state index is 13.2. The highest BCUT2D eigenvalue weighted by Gasteiger charge is 2.50. The number of carbonyl (C=O) groups is 1. The molecular weight excluding hydrogens is 397 g/mol. The van der Waals surface area contributed by atoms with Crippen LogP contribution in [0, 0.1) is 11.7 Å². The van der Waals surface area contributed by atoms with Crippen molar-refractivity contribution >= 4 is 5.91 Å². The minimum absolute atomic E-state index is 0.164. The van der Waals surface area contributed by atoms with Crippen molar-refractivity contribution < 1.29 is 23.4 Å². The first-order valence-corrected chi connectivity index (χ1v) is 10.9. The van der Waals surface area contributed by atoms with E-state index < -0.39 is 0 Å². The molecule has 1 spiro atoms. The summed E-state index contributed by atoms with van der Waals surface area (Å²) in [5.74, 6) is 1.23. The van der Waals surface area contributed by atoms with Crippen molar-refractivity contribution in [2.45, 2.75) is 37.9 Å². The zero-order valence-corrected chi connectivity index (χ0v) is 18.0. The molecule has 2 aromatic carbocycles. The quantitative estimate of drug-likeness (QED) is 0.568. The summed E-state index contributed by atoms with van der Waals surface area (Å²) in [5, 5.41) is 0. The maximum atomic E-state index is 13.2. The third kappa shape index (κ3) is 5.63. The van der Waals surface area contributed by atoms with Gasteiger partial charge in [-0.3, -0.25) is 4.79 Å². The van der Waals surface area contributed by atoms with Crippen molar-refractivity contribution in [3.8, 4) is 5.75 Å². The smallest absolute Gasteiger partial charge is 0.223 e. The first-order chi connectivity index (χ1) is 15.0. The molecule has 31 heavy (non-hydrogen) atoms. The average Bonchev–Trinajstić information content (AvgIpc) is 3.19. The highest BCUT2D eigenvalue weighted by atomic mass is 19.1. The van der Waals surface area contributed by atoms with Gasteiger partial charge in [0.1, 0.15) is 17.2 Å². The second-order valence-electron chi connectivity index (χ2n) is 8.63. The van der Waals surface area contributed by atoms with Crippen molar-refractivity contribution in [3.63, 3.8) is 0 Å². The summed E-state index contributed by atoms with van der Waals surface area (Å²) in [6, 6.07) is 14.4. The minimum Gasteiger partial charge on any atom is -0.497 e. The Morgan fingerprint density at radius 3 is 2.74 bits per heavy atom. The van der Waals surface area contributed by atoms with Gasteiger partial charge in [0.05, 0.1) is 33.4 Å². The van der Waals surface area contributed by atoms with Crippen LogP contribution in [0.2, 0.25) is 0 Å². The van der Waals surface area contributed by atoms with Crippen LogP contribution in [0.25, 0.3) is 0 Å². The van der Waals surface area contributed by atoms with Gasteiger partial charge in [-0.15, -0.1) is 0 Å². The SMILES string of the molecule is COc1ccc(CCC(=O)N2CC3(CC(CCOCc4cccc(F)c4)CO3)C2)cc1. The van der Waals surface area contributed by atoms with Gasteiger partial charge >= 0.3 is 0 Å². The van der Waals surface area contributed by atoms with Crippen LogP contribution in [-0.4, -0.2) is 49.8 Å². The normalized spacial score (nSPS) is 19.4. The molecule has 2 aliphatic rings. The summed E-state index contributed by atoms with van der Waals surface area (Å²) in [5.41, 5.74) is 1.82. The fourth-order valence-corrected chi connectivity index (χ4v) is 4.44. The van der Waals surface area contributed by atoms with Crippen LogP contribution in [0.5, 0.6) is 5.75 Å². The predicted molar refractivity (Wildman–Crippen MR) is 115 cm³/mol. The monoisotopic (exact) mass is 427 g/mol. The van der Waals surface area contributed by atoms with Crippen molar-refractivity contribution in [2.24, 2.45) is 5.92 Å². The number of hydrogen-bond acceptors (Lipinski definition) is 4. The van der Waals surface area contributed by atoms with E-state index in [0.717, 1.165) is 42.7 Å². The molecule has 2 saturated heterocycles. The van der Waals surface area contributed by atoms with Crippen LogP contribution in [-0.2, 0) is 27.3 Å². The zero-order chi connectivity index (χ0) is 21.7. The fourth-order valence-electron chi connectivity index (χ4n) is 4.44. The van der Waals surface area contributed by atoms with Crippen LogP contribution >= 0.6 is 0 Å². The van der Waals surface area contributed by atoms with Gasteiger partial charge in [0, 0.05) is 13.0 Å². The first-order valence-electron chi connectivity index (χ1n) is 10.9. The molecule has 5 nitrogen and oxygen atoms in total. The number of benzene rings is 2. The van der Waals surface area contributed by atoms with Gasteiger partial charge in [-0.05, 0) is 60.6 Å². The maximum Gasteiger partial charge on any atom is 0.223 e. The van der Waals surface area contributed by atoms with Crippen LogP contribution < -0.4 is 4.74 Å². The summed E-state index contributed by atoms with van der Waals surface area (Å²) in [6.07, 6.45) is 3.14. The molecule has 6 heteroatoms. The van der Waals surface area contributed by atoms with E-state index in [0.29, 0.717) is 38.6 Å². The topological polar surface area (TPSA) is 48.0 Å². The number of methoxy groups -OCH3 is 1. The summed E-state index contributed by atoms with van der Waals surface area (Å²) in [4.78, 5) is 14.4. The summed E-state index contributed by atoms with van der Waals surface area (Å²) >= 11 is 0. The van der Waals surface area contributed by atoms with Gasteiger partial charge in [-0.2, -0.15) is 0 Å². The molecular formula is C25H30FNO4. The van der Waals surface area contributed by atoms with Gasteiger partial charge in [0.15, 0.2) is 0 Å². The number of nitrogens with zero attached hydrogens (tertiary/aromatic N) is 1. The number of rotatable bonds is 9. The van der Waals surface area contributed by atoms with Crippen LogP contribution in [0.1, 0.15) is 30.4 Å². The molecule has 2 heterocycles. The molecule has 0 bridgehead atoms. The molecule has 166 valence electrons. The first kappa shape index (κ1) is 21.8.